The Morgan fingerprint density at radius 3 is 2.25 bits per heavy atom. The van der Waals surface area contributed by atoms with Crippen molar-refractivity contribution in [1.82, 2.24) is 9.97 Å². The molecule has 3 aromatic rings. The molecule has 0 bridgehead atoms. The molecule has 0 radical (unpaired) electrons. The zero-order valence-corrected chi connectivity index (χ0v) is 16.1. The fourth-order valence-corrected chi connectivity index (χ4v) is 2.85. The number of hydrogen-bond acceptors (Lipinski definition) is 7. The number of methoxy groups -OCH3 is 3. The SMILES string of the molecule is COc1cc(Nc2ncc(C#N)c(-c3ccccc3C)n2)cc(OC)c1OC. The normalized spacial score (nSPS) is 10.1. The molecule has 0 aliphatic heterocycles. The minimum absolute atomic E-state index is 0.353. The highest BCUT2D eigenvalue weighted by Crippen LogP contribution is 2.40. The fourth-order valence-electron chi connectivity index (χ4n) is 2.85. The van der Waals surface area contributed by atoms with Crippen LogP contribution in [0.3, 0.4) is 0 Å². The van der Waals surface area contributed by atoms with Gasteiger partial charge in [0.15, 0.2) is 11.5 Å². The van der Waals surface area contributed by atoms with Gasteiger partial charge in [0.25, 0.3) is 0 Å². The van der Waals surface area contributed by atoms with Crippen molar-refractivity contribution in [3.05, 3.63) is 53.7 Å². The summed E-state index contributed by atoms with van der Waals surface area (Å²) >= 11 is 0. The van der Waals surface area contributed by atoms with E-state index in [0.29, 0.717) is 40.1 Å². The van der Waals surface area contributed by atoms with Crippen molar-refractivity contribution in [3.8, 4) is 34.6 Å². The van der Waals surface area contributed by atoms with Crippen molar-refractivity contribution in [1.29, 1.82) is 5.26 Å². The molecule has 0 saturated heterocycles. The lowest BCUT2D eigenvalue weighted by Crippen LogP contribution is -2.02. The third-order valence-electron chi connectivity index (χ3n) is 4.23. The van der Waals surface area contributed by atoms with Gasteiger partial charge in [0.2, 0.25) is 11.7 Å². The molecule has 7 nitrogen and oxygen atoms in total. The summed E-state index contributed by atoms with van der Waals surface area (Å²) in [4.78, 5) is 8.82. The zero-order chi connectivity index (χ0) is 20.1. The highest BCUT2D eigenvalue weighted by Gasteiger charge is 2.15. The number of benzene rings is 2. The Morgan fingerprint density at radius 1 is 1.00 bits per heavy atom. The van der Waals surface area contributed by atoms with E-state index < -0.39 is 0 Å². The van der Waals surface area contributed by atoms with Gasteiger partial charge in [0.1, 0.15) is 6.07 Å². The quantitative estimate of drug-likeness (QED) is 0.693. The summed E-state index contributed by atoms with van der Waals surface area (Å²) in [6.07, 6.45) is 1.51. The summed E-state index contributed by atoms with van der Waals surface area (Å²) in [6.45, 7) is 1.98. The Morgan fingerprint density at radius 2 is 1.68 bits per heavy atom. The maximum atomic E-state index is 9.45. The number of ether oxygens (including phenoxy) is 3. The second kappa shape index (κ2) is 8.27. The Hall–Kier alpha value is -3.79. The molecule has 0 spiro atoms. The van der Waals surface area contributed by atoms with Crippen LogP contribution in [0.5, 0.6) is 17.2 Å². The summed E-state index contributed by atoms with van der Waals surface area (Å²) in [5, 5.41) is 12.6. The molecule has 2 aromatic carbocycles. The van der Waals surface area contributed by atoms with Gasteiger partial charge in [-0.05, 0) is 12.5 Å². The van der Waals surface area contributed by atoms with Crippen LogP contribution in [0.25, 0.3) is 11.3 Å². The average molecular weight is 376 g/mol. The molecule has 1 heterocycles. The van der Waals surface area contributed by atoms with Crippen molar-refractivity contribution in [3.63, 3.8) is 0 Å². The number of anilines is 2. The Balaban J connectivity index is 2.04. The van der Waals surface area contributed by atoms with Gasteiger partial charge >= 0.3 is 0 Å². The van der Waals surface area contributed by atoms with E-state index in [1.165, 1.54) is 6.20 Å². The van der Waals surface area contributed by atoms with Crippen LogP contribution >= 0.6 is 0 Å². The first-order valence-electron chi connectivity index (χ1n) is 8.51. The largest absolute Gasteiger partial charge is 0.493 e. The van der Waals surface area contributed by atoms with E-state index >= 15 is 0 Å². The smallest absolute Gasteiger partial charge is 0.227 e. The number of aryl methyl sites for hydroxylation is 1. The first kappa shape index (κ1) is 19.0. The zero-order valence-electron chi connectivity index (χ0n) is 16.1. The lowest BCUT2D eigenvalue weighted by atomic mass is 10.0. The van der Waals surface area contributed by atoms with Gasteiger partial charge in [-0.3, -0.25) is 0 Å². The number of nitriles is 1. The van der Waals surface area contributed by atoms with Crippen molar-refractivity contribution < 1.29 is 14.2 Å². The van der Waals surface area contributed by atoms with E-state index in [2.05, 4.69) is 21.4 Å². The van der Waals surface area contributed by atoms with E-state index in [1.807, 2.05) is 31.2 Å². The number of hydrogen-bond donors (Lipinski definition) is 1. The van der Waals surface area contributed by atoms with Gasteiger partial charge in [-0.25, -0.2) is 9.97 Å². The number of nitrogens with zero attached hydrogens (tertiary/aromatic N) is 3. The molecule has 0 aliphatic rings. The van der Waals surface area contributed by atoms with Crippen LogP contribution in [-0.2, 0) is 0 Å². The van der Waals surface area contributed by atoms with Crippen LogP contribution in [0, 0.1) is 18.3 Å². The molecule has 0 saturated carbocycles. The van der Waals surface area contributed by atoms with E-state index in [1.54, 1.807) is 33.5 Å². The maximum Gasteiger partial charge on any atom is 0.227 e. The van der Waals surface area contributed by atoms with Gasteiger partial charge in [-0.15, -0.1) is 0 Å². The molecule has 0 amide bonds. The molecule has 28 heavy (non-hydrogen) atoms. The summed E-state index contributed by atoms with van der Waals surface area (Å²) in [5.41, 5.74) is 3.55. The van der Waals surface area contributed by atoms with E-state index in [4.69, 9.17) is 14.2 Å². The third kappa shape index (κ3) is 3.67. The number of aromatic nitrogens is 2. The van der Waals surface area contributed by atoms with Crippen LogP contribution in [0.1, 0.15) is 11.1 Å². The number of nitrogens with one attached hydrogen (secondary N) is 1. The monoisotopic (exact) mass is 376 g/mol. The Labute approximate surface area is 163 Å². The third-order valence-corrected chi connectivity index (χ3v) is 4.23. The molecule has 0 aliphatic carbocycles. The minimum Gasteiger partial charge on any atom is -0.493 e. The predicted octanol–water partition coefficient (Wildman–Crippen LogP) is 4.09. The topological polar surface area (TPSA) is 89.3 Å². The summed E-state index contributed by atoms with van der Waals surface area (Å²) in [5.74, 6) is 1.87. The maximum absolute atomic E-state index is 9.45. The van der Waals surface area contributed by atoms with E-state index in [9.17, 15) is 5.26 Å². The highest BCUT2D eigenvalue weighted by atomic mass is 16.5. The first-order valence-corrected chi connectivity index (χ1v) is 8.51. The van der Waals surface area contributed by atoms with Crippen LogP contribution in [0.2, 0.25) is 0 Å². The second-order valence-electron chi connectivity index (χ2n) is 5.92. The summed E-state index contributed by atoms with van der Waals surface area (Å²) < 4.78 is 16.1. The fraction of sp³-hybridized carbons (Fsp3) is 0.190. The molecule has 0 fully saturated rings. The molecule has 3 rings (SSSR count). The molecule has 142 valence electrons. The van der Waals surface area contributed by atoms with Gasteiger partial charge in [0.05, 0.1) is 38.8 Å². The standard InChI is InChI=1S/C21H20N4O3/c1-13-7-5-6-8-16(13)19-14(11-22)12-23-21(25-19)24-15-9-17(26-2)20(28-4)18(10-15)27-3/h5-10,12H,1-4H3,(H,23,24,25). The lowest BCUT2D eigenvalue weighted by molar-refractivity contribution is 0.324. The molecule has 0 unspecified atom stereocenters. The summed E-state index contributed by atoms with van der Waals surface area (Å²) in [7, 11) is 4.65. The van der Waals surface area contributed by atoms with Crippen LogP contribution < -0.4 is 19.5 Å². The van der Waals surface area contributed by atoms with E-state index in [-0.39, 0.29) is 0 Å². The van der Waals surface area contributed by atoms with Crippen molar-refractivity contribution in [2.24, 2.45) is 0 Å². The highest BCUT2D eigenvalue weighted by molar-refractivity contribution is 5.71. The van der Waals surface area contributed by atoms with Gasteiger partial charge in [-0.2, -0.15) is 5.26 Å². The molecule has 1 aromatic heterocycles. The molecule has 0 atom stereocenters. The minimum atomic E-state index is 0.353. The van der Waals surface area contributed by atoms with E-state index in [0.717, 1.165) is 11.1 Å². The van der Waals surface area contributed by atoms with Gasteiger partial charge < -0.3 is 19.5 Å². The lowest BCUT2D eigenvalue weighted by Gasteiger charge is -2.15. The molecular formula is C21H20N4O3. The predicted molar refractivity (Wildman–Crippen MR) is 106 cm³/mol. The molecule has 7 heteroatoms. The molecular weight excluding hydrogens is 356 g/mol. The van der Waals surface area contributed by atoms with Crippen LogP contribution in [-0.4, -0.2) is 31.3 Å². The number of rotatable bonds is 6. The van der Waals surface area contributed by atoms with Crippen molar-refractivity contribution in [2.45, 2.75) is 6.92 Å². The molecule has 1 N–H and O–H groups in total. The second-order valence-corrected chi connectivity index (χ2v) is 5.92. The van der Waals surface area contributed by atoms with Crippen molar-refractivity contribution >= 4 is 11.6 Å². The van der Waals surface area contributed by atoms with Gasteiger partial charge in [-0.1, -0.05) is 24.3 Å². The summed E-state index contributed by atoms with van der Waals surface area (Å²) in [6, 6.07) is 13.4. The van der Waals surface area contributed by atoms with Crippen LogP contribution in [0.4, 0.5) is 11.6 Å². The Bertz CT molecular complexity index is 1020. The van der Waals surface area contributed by atoms with Crippen LogP contribution in [0.15, 0.2) is 42.6 Å². The average Bonchev–Trinajstić information content (AvgIpc) is 2.73. The first-order chi connectivity index (χ1) is 13.6. The van der Waals surface area contributed by atoms with Crippen molar-refractivity contribution in [2.75, 3.05) is 26.6 Å². The Kier molecular flexibility index (Phi) is 5.61. The van der Waals surface area contributed by atoms with Gasteiger partial charge in [0, 0.05) is 23.4 Å².